The highest BCUT2D eigenvalue weighted by Crippen LogP contribution is 1.95. The Balaban J connectivity index is 3.89. The zero-order valence-electron chi connectivity index (χ0n) is 8.58. The lowest BCUT2D eigenvalue weighted by Crippen LogP contribution is -2.22. The molecule has 1 N–H and O–H groups in total. The summed E-state index contributed by atoms with van der Waals surface area (Å²) in [5.41, 5.74) is 0. The predicted octanol–water partition coefficient (Wildman–Crippen LogP) is -0.426. The topological polar surface area (TPSA) is 72.5 Å². The van der Waals surface area contributed by atoms with E-state index in [2.05, 4.69) is 10.1 Å². The molecule has 14 heavy (non-hydrogen) atoms. The SMILES string of the molecule is CCOC(=O)CS(=O)(=O)CCCNC. The Morgan fingerprint density at radius 2 is 2.07 bits per heavy atom. The van der Waals surface area contributed by atoms with Gasteiger partial charge in [0.1, 0.15) is 5.75 Å². The smallest absolute Gasteiger partial charge is 0.321 e. The zero-order chi connectivity index (χ0) is 11.0. The molecule has 6 heteroatoms. The van der Waals surface area contributed by atoms with Gasteiger partial charge in [0.15, 0.2) is 9.84 Å². The molecule has 0 aliphatic carbocycles. The molecule has 0 fully saturated rings. The van der Waals surface area contributed by atoms with E-state index in [0.717, 1.165) is 0 Å². The molecule has 0 unspecified atom stereocenters. The summed E-state index contributed by atoms with van der Waals surface area (Å²) in [4.78, 5) is 10.9. The molecule has 0 radical (unpaired) electrons. The van der Waals surface area contributed by atoms with Crippen molar-refractivity contribution in [1.29, 1.82) is 0 Å². The quantitative estimate of drug-likeness (QED) is 0.468. The van der Waals surface area contributed by atoms with Crippen LogP contribution in [-0.4, -0.2) is 46.1 Å². The van der Waals surface area contributed by atoms with Crippen molar-refractivity contribution in [2.75, 3.05) is 31.7 Å². The molecule has 0 saturated heterocycles. The van der Waals surface area contributed by atoms with Crippen LogP contribution >= 0.6 is 0 Å². The minimum absolute atomic E-state index is 0.0205. The third-order valence-electron chi connectivity index (χ3n) is 1.53. The largest absolute Gasteiger partial charge is 0.465 e. The molecule has 0 aromatic heterocycles. The van der Waals surface area contributed by atoms with Gasteiger partial charge in [0.05, 0.1) is 12.4 Å². The molecule has 0 rings (SSSR count). The first kappa shape index (κ1) is 13.4. The van der Waals surface area contributed by atoms with Crippen molar-refractivity contribution in [1.82, 2.24) is 5.32 Å². The fraction of sp³-hybridized carbons (Fsp3) is 0.875. The molecular weight excluding hydrogens is 206 g/mol. The Bertz CT molecular complexity index is 261. The Kier molecular flexibility index (Phi) is 6.48. The number of carbonyl (C=O) groups is 1. The Morgan fingerprint density at radius 1 is 1.43 bits per heavy atom. The minimum atomic E-state index is -3.29. The second-order valence-electron chi connectivity index (χ2n) is 2.85. The number of carbonyl (C=O) groups excluding carboxylic acids is 1. The summed E-state index contributed by atoms with van der Waals surface area (Å²) in [6.07, 6.45) is 0.512. The van der Waals surface area contributed by atoms with Crippen molar-refractivity contribution in [3.63, 3.8) is 0 Å². The van der Waals surface area contributed by atoms with Crippen LogP contribution in [0.1, 0.15) is 13.3 Å². The van der Waals surface area contributed by atoms with Gasteiger partial charge in [-0.05, 0) is 26.9 Å². The number of sulfone groups is 1. The van der Waals surface area contributed by atoms with Crippen LogP contribution in [-0.2, 0) is 19.4 Å². The van der Waals surface area contributed by atoms with Crippen molar-refractivity contribution in [2.45, 2.75) is 13.3 Å². The molecule has 0 aliphatic heterocycles. The Labute approximate surface area is 84.7 Å². The molecule has 0 aromatic rings. The van der Waals surface area contributed by atoms with Crippen LogP contribution in [0.5, 0.6) is 0 Å². The Morgan fingerprint density at radius 3 is 2.57 bits per heavy atom. The van der Waals surface area contributed by atoms with Crippen molar-refractivity contribution < 1.29 is 17.9 Å². The van der Waals surface area contributed by atoms with E-state index in [1.807, 2.05) is 0 Å². The van der Waals surface area contributed by atoms with Gasteiger partial charge >= 0.3 is 5.97 Å². The first-order valence-electron chi connectivity index (χ1n) is 4.52. The van der Waals surface area contributed by atoms with Crippen LogP contribution in [0.4, 0.5) is 0 Å². The summed E-state index contributed by atoms with van der Waals surface area (Å²) >= 11 is 0. The van der Waals surface area contributed by atoms with Crippen LogP contribution in [0.2, 0.25) is 0 Å². The number of nitrogens with one attached hydrogen (secondary N) is 1. The standard InChI is InChI=1S/C8H17NO4S/c1-3-13-8(10)7-14(11,12)6-4-5-9-2/h9H,3-7H2,1-2H3. The van der Waals surface area contributed by atoms with Gasteiger partial charge in [-0.2, -0.15) is 0 Å². The third kappa shape index (κ3) is 6.85. The summed E-state index contributed by atoms with van der Waals surface area (Å²) < 4.78 is 27.1. The van der Waals surface area contributed by atoms with Crippen molar-refractivity contribution in [3.05, 3.63) is 0 Å². The molecule has 0 aliphatic rings. The summed E-state index contributed by atoms with van der Waals surface area (Å²) in [5, 5.41) is 2.84. The molecule has 5 nitrogen and oxygen atoms in total. The molecule has 0 amide bonds. The molecule has 0 saturated carbocycles. The maximum Gasteiger partial charge on any atom is 0.321 e. The van der Waals surface area contributed by atoms with E-state index in [-0.39, 0.29) is 12.4 Å². The lowest BCUT2D eigenvalue weighted by molar-refractivity contribution is -0.139. The molecule has 0 atom stereocenters. The number of esters is 1. The van der Waals surface area contributed by atoms with Gasteiger partial charge in [0.2, 0.25) is 0 Å². The van der Waals surface area contributed by atoms with Crippen molar-refractivity contribution in [2.24, 2.45) is 0 Å². The van der Waals surface area contributed by atoms with E-state index in [0.29, 0.717) is 13.0 Å². The Hall–Kier alpha value is -0.620. The third-order valence-corrected chi connectivity index (χ3v) is 3.11. The maximum atomic E-state index is 11.3. The second kappa shape index (κ2) is 6.78. The average Bonchev–Trinajstić information content (AvgIpc) is 2.03. The zero-order valence-corrected chi connectivity index (χ0v) is 9.39. The van der Waals surface area contributed by atoms with Gasteiger partial charge in [-0.25, -0.2) is 8.42 Å². The van der Waals surface area contributed by atoms with E-state index in [4.69, 9.17) is 0 Å². The second-order valence-corrected chi connectivity index (χ2v) is 5.04. The fourth-order valence-corrected chi connectivity index (χ4v) is 2.09. The van der Waals surface area contributed by atoms with Crippen molar-refractivity contribution >= 4 is 15.8 Å². The van der Waals surface area contributed by atoms with Crippen LogP contribution in [0, 0.1) is 0 Å². The number of ether oxygens (including phenoxy) is 1. The van der Waals surface area contributed by atoms with Crippen LogP contribution in [0.25, 0.3) is 0 Å². The van der Waals surface area contributed by atoms with Crippen LogP contribution < -0.4 is 5.32 Å². The monoisotopic (exact) mass is 223 g/mol. The molecule has 0 aromatic carbocycles. The summed E-state index contributed by atoms with van der Waals surface area (Å²) in [6.45, 7) is 2.48. The van der Waals surface area contributed by atoms with E-state index in [1.165, 1.54) is 0 Å². The normalized spacial score (nSPS) is 11.3. The van der Waals surface area contributed by atoms with Crippen molar-refractivity contribution in [3.8, 4) is 0 Å². The van der Waals surface area contributed by atoms with Gasteiger partial charge in [-0.15, -0.1) is 0 Å². The van der Waals surface area contributed by atoms with Gasteiger partial charge in [-0.3, -0.25) is 4.79 Å². The van der Waals surface area contributed by atoms with Crippen LogP contribution in [0.3, 0.4) is 0 Å². The molecular formula is C8H17NO4S. The lowest BCUT2D eigenvalue weighted by Gasteiger charge is -2.03. The predicted molar refractivity (Wildman–Crippen MR) is 53.8 cm³/mol. The fourth-order valence-electron chi connectivity index (χ4n) is 0.923. The minimum Gasteiger partial charge on any atom is -0.465 e. The van der Waals surface area contributed by atoms with E-state index < -0.39 is 21.6 Å². The highest BCUT2D eigenvalue weighted by molar-refractivity contribution is 7.92. The van der Waals surface area contributed by atoms with E-state index >= 15 is 0 Å². The summed E-state index contributed by atoms with van der Waals surface area (Å²) in [6, 6.07) is 0. The number of rotatable bonds is 7. The maximum absolute atomic E-state index is 11.3. The summed E-state index contributed by atoms with van der Waals surface area (Å²) in [7, 11) is -1.54. The molecule has 0 heterocycles. The lowest BCUT2D eigenvalue weighted by atomic mass is 10.5. The molecule has 0 spiro atoms. The average molecular weight is 223 g/mol. The van der Waals surface area contributed by atoms with E-state index in [1.54, 1.807) is 14.0 Å². The highest BCUT2D eigenvalue weighted by atomic mass is 32.2. The van der Waals surface area contributed by atoms with Crippen LogP contribution in [0.15, 0.2) is 0 Å². The molecule has 0 bridgehead atoms. The summed E-state index contributed by atoms with van der Waals surface area (Å²) in [5.74, 6) is -1.16. The first-order valence-corrected chi connectivity index (χ1v) is 6.34. The number of hydrogen-bond acceptors (Lipinski definition) is 5. The van der Waals surface area contributed by atoms with Gasteiger partial charge in [0.25, 0.3) is 0 Å². The van der Waals surface area contributed by atoms with Gasteiger partial charge < -0.3 is 10.1 Å². The highest BCUT2D eigenvalue weighted by Gasteiger charge is 2.16. The number of hydrogen-bond donors (Lipinski definition) is 1. The first-order chi connectivity index (χ1) is 6.52. The van der Waals surface area contributed by atoms with Gasteiger partial charge in [0, 0.05) is 0 Å². The van der Waals surface area contributed by atoms with Gasteiger partial charge in [-0.1, -0.05) is 0 Å². The molecule has 84 valence electrons. The van der Waals surface area contributed by atoms with E-state index in [9.17, 15) is 13.2 Å².